The van der Waals surface area contributed by atoms with E-state index in [1.807, 2.05) is 23.0 Å². The highest BCUT2D eigenvalue weighted by Gasteiger charge is 2.13. The Morgan fingerprint density at radius 2 is 2.33 bits per heavy atom. The highest BCUT2D eigenvalue weighted by molar-refractivity contribution is 6.05. The first-order valence-corrected chi connectivity index (χ1v) is 6.73. The molecule has 0 aliphatic heterocycles. The summed E-state index contributed by atoms with van der Waals surface area (Å²) in [6, 6.07) is 7.20. The van der Waals surface area contributed by atoms with Crippen molar-refractivity contribution in [2.45, 2.75) is 13.0 Å². The fourth-order valence-electron chi connectivity index (χ4n) is 2.16. The maximum atomic E-state index is 12.1. The molecule has 0 fully saturated rings. The van der Waals surface area contributed by atoms with Crippen LogP contribution in [-0.2, 0) is 6.54 Å². The first-order valence-electron chi connectivity index (χ1n) is 6.73. The van der Waals surface area contributed by atoms with E-state index in [1.54, 1.807) is 18.3 Å². The summed E-state index contributed by atoms with van der Waals surface area (Å²) in [5, 5.41) is 14.6. The van der Waals surface area contributed by atoms with E-state index in [-0.39, 0.29) is 5.91 Å². The van der Waals surface area contributed by atoms with E-state index in [2.05, 4.69) is 20.6 Å². The second kappa shape index (κ2) is 5.66. The molecular weight excluding hydrogens is 268 g/mol. The summed E-state index contributed by atoms with van der Waals surface area (Å²) in [5.74, 6) is -0.202. The zero-order valence-electron chi connectivity index (χ0n) is 11.4. The van der Waals surface area contributed by atoms with Gasteiger partial charge >= 0.3 is 0 Å². The van der Waals surface area contributed by atoms with Gasteiger partial charge in [0.15, 0.2) is 5.69 Å². The number of amides is 1. The number of aryl methyl sites for hydroxylation is 1. The predicted molar refractivity (Wildman–Crippen MR) is 79.7 cm³/mol. The van der Waals surface area contributed by atoms with E-state index in [0.29, 0.717) is 17.9 Å². The topological polar surface area (TPSA) is 102 Å². The molecule has 0 aliphatic rings. The molecule has 7 nitrogen and oxygen atoms in total. The molecule has 0 saturated heterocycles. The number of carbonyl (C=O) groups excluding carboxylic acids is 1. The van der Waals surface area contributed by atoms with Crippen LogP contribution in [-0.4, -0.2) is 32.4 Å². The van der Waals surface area contributed by atoms with E-state index < -0.39 is 0 Å². The van der Waals surface area contributed by atoms with Gasteiger partial charge in [-0.05, 0) is 30.7 Å². The van der Waals surface area contributed by atoms with E-state index in [9.17, 15) is 4.79 Å². The third-order valence-electron chi connectivity index (χ3n) is 3.21. The molecule has 0 radical (unpaired) electrons. The van der Waals surface area contributed by atoms with Gasteiger partial charge in [-0.25, -0.2) is 0 Å². The van der Waals surface area contributed by atoms with Gasteiger partial charge in [-0.15, -0.1) is 0 Å². The number of carbonyl (C=O) groups is 1. The minimum atomic E-state index is -0.202. The van der Waals surface area contributed by atoms with Crippen LogP contribution in [0.2, 0.25) is 0 Å². The zero-order chi connectivity index (χ0) is 14.7. The Morgan fingerprint density at radius 1 is 1.43 bits per heavy atom. The number of hydrogen-bond acceptors (Lipinski definition) is 4. The second-order valence-corrected chi connectivity index (χ2v) is 4.76. The molecule has 0 spiro atoms. The largest absolute Gasteiger partial charge is 0.399 e. The van der Waals surface area contributed by atoms with Gasteiger partial charge in [-0.3, -0.25) is 14.6 Å². The molecule has 108 valence electrons. The lowest BCUT2D eigenvalue weighted by Gasteiger charge is -2.04. The predicted octanol–water partition coefficient (Wildman–Crippen LogP) is 1.16. The Bertz CT molecular complexity index is 746. The van der Waals surface area contributed by atoms with Crippen LogP contribution in [0.4, 0.5) is 5.69 Å². The van der Waals surface area contributed by atoms with Crippen LogP contribution in [0.15, 0.2) is 36.7 Å². The molecule has 0 saturated carbocycles. The molecule has 2 heterocycles. The number of benzene rings is 1. The summed E-state index contributed by atoms with van der Waals surface area (Å²) in [5.41, 5.74) is 7.52. The molecule has 0 aliphatic carbocycles. The average molecular weight is 284 g/mol. The number of rotatable bonds is 5. The van der Waals surface area contributed by atoms with Gasteiger partial charge in [-0.2, -0.15) is 10.2 Å². The lowest BCUT2D eigenvalue weighted by atomic mass is 10.2. The monoisotopic (exact) mass is 284 g/mol. The Hall–Kier alpha value is -2.83. The first-order chi connectivity index (χ1) is 10.2. The molecule has 0 bridgehead atoms. The Balaban J connectivity index is 1.60. The number of hydrogen-bond donors (Lipinski definition) is 3. The van der Waals surface area contributed by atoms with Crippen molar-refractivity contribution in [2.24, 2.45) is 0 Å². The van der Waals surface area contributed by atoms with Crippen LogP contribution in [0.5, 0.6) is 0 Å². The molecule has 0 unspecified atom stereocenters. The van der Waals surface area contributed by atoms with E-state index in [4.69, 9.17) is 5.73 Å². The average Bonchev–Trinajstić information content (AvgIpc) is 3.12. The maximum absolute atomic E-state index is 12.1. The molecule has 7 heteroatoms. The number of H-pyrrole nitrogens is 1. The minimum Gasteiger partial charge on any atom is -0.399 e. The summed E-state index contributed by atoms with van der Waals surface area (Å²) in [6.07, 6.45) is 4.43. The van der Waals surface area contributed by atoms with Crippen molar-refractivity contribution in [1.29, 1.82) is 0 Å². The lowest BCUT2D eigenvalue weighted by molar-refractivity contribution is 0.0949. The molecule has 21 heavy (non-hydrogen) atoms. The van der Waals surface area contributed by atoms with Gasteiger partial charge in [0.05, 0.1) is 5.52 Å². The van der Waals surface area contributed by atoms with Crippen LogP contribution in [0.25, 0.3) is 10.9 Å². The number of aromatic amines is 1. The second-order valence-electron chi connectivity index (χ2n) is 4.76. The van der Waals surface area contributed by atoms with Crippen LogP contribution in [0, 0.1) is 0 Å². The first kappa shape index (κ1) is 13.2. The number of fused-ring (bicyclic) bond motifs is 1. The van der Waals surface area contributed by atoms with Crippen LogP contribution in [0.3, 0.4) is 0 Å². The Labute approximate surface area is 121 Å². The Morgan fingerprint density at radius 3 is 3.14 bits per heavy atom. The van der Waals surface area contributed by atoms with Gasteiger partial charge < -0.3 is 11.1 Å². The van der Waals surface area contributed by atoms with Crippen molar-refractivity contribution in [2.75, 3.05) is 12.3 Å². The highest BCUT2D eigenvalue weighted by Crippen LogP contribution is 2.18. The zero-order valence-corrected chi connectivity index (χ0v) is 11.4. The molecule has 1 amide bonds. The molecule has 3 rings (SSSR count). The van der Waals surface area contributed by atoms with Crippen molar-refractivity contribution >= 4 is 22.5 Å². The molecule has 4 N–H and O–H groups in total. The maximum Gasteiger partial charge on any atom is 0.272 e. The van der Waals surface area contributed by atoms with E-state index in [0.717, 1.165) is 23.9 Å². The summed E-state index contributed by atoms with van der Waals surface area (Å²) in [6.45, 7) is 1.33. The fourth-order valence-corrected chi connectivity index (χ4v) is 2.16. The molecular formula is C14H16N6O. The third-order valence-corrected chi connectivity index (χ3v) is 3.21. The summed E-state index contributed by atoms with van der Waals surface area (Å²) >= 11 is 0. The number of aromatic nitrogens is 4. The quantitative estimate of drug-likeness (QED) is 0.483. The molecule has 0 atom stereocenters. The fraction of sp³-hybridized carbons (Fsp3) is 0.214. The van der Waals surface area contributed by atoms with Gasteiger partial charge in [0.2, 0.25) is 0 Å². The molecule has 3 aromatic rings. The summed E-state index contributed by atoms with van der Waals surface area (Å²) < 4.78 is 1.83. The SMILES string of the molecule is Nc1ccc2[nH]nc(C(=O)NCCCn3cccn3)c2c1. The minimum absolute atomic E-state index is 0.202. The third kappa shape index (κ3) is 2.86. The number of anilines is 1. The number of nitrogens with zero attached hydrogens (tertiary/aromatic N) is 3. The summed E-state index contributed by atoms with van der Waals surface area (Å²) in [7, 11) is 0. The molecule has 2 aromatic heterocycles. The standard InChI is InChI=1S/C14H16N6O/c15-10-3-4-12-11(9-10)13(19-18-12)14(21)16-5-1-7-20-8-2-6-17-20/h2-4,6,8-9H,1,5,7,15H2,(H,16,21)(H,18,19). The van der Waals surface area contributed by atoms with E-state index in [1.165, 1.54) is 0 Å². The van der Waals surface area contributed by atoms with E-state index >= 15 is 0 Å². The van der Waals surface area contributed by atoms with Crippen molar-refractivity contribution in [3.05, 3.63) is 42.4 Å². The van der Waals surface area contributed by atoms with Gasteiger partial charge in [0.1, 0.15) is 0 Å². The van der Waals surface area contributed by atoms with Crippen molar-refractivity contribution in [1.82, 2.24) is 25.3 Å². The number of nitrogens with two attached hydrogens (primary N) is 1. The van der Waals surface area contributed by atoms with Crippen molar-refractivity contribution in [3.63, 3.8) is 0 Å². The van der Waals surface area contributed by atoms with Crippen LogP contribution >= 0.6 is 0 Å². The summed E-state index contributed by atoms with van der Waals surface area (Å²) in [4.78, 5) is 12.1. The van der Waals surface area contributed by atoms with Crippen LogP contribution < -0.4 is 11.1 Å². The van der Waals surface area contributed by atoms with Crippen LogP contribution in [0.1, 0.15) is 16.9 Å². The van der Waals surface area contributed by atoms with Crippen molar-refractivity contribution in [3.8, 4) is 0 Å². The number of nitrogens with one attached hydrogen (secondary N) is 2. The normalized spacial score (nSPS) is 10.9. The van der Waals surface area contributed by atoms with Crippen molar-refractivity contribution < 1.29 is 4.79 Å². The Kier molecular flexibility index (Phi) is 3.55. The lowest BCUT2D eigenvalue weighted by Crippen LogP contribution is -2.25. The van der Waals surface area contributed by atoms with Gasteiger partial charge in [-0.1, -0.05) is 0 Å². The number of nitrogen functional groups attached to an aromatic ring is 1. The highest BCUT2D eigenvalue weighted by atomic mass is 16.1. The van der Waals surface area contributed by atoms with Gasteiger partial charge in [0.25, 0.3) is 5.91 Å². The molecule has 1 aromatic carbocycles. The smallest absolute Gasteiger partial charge is 0.272 e. The van der Waals surface area contributed by atoms with Gasteiger partial charge in [0, 0.05) is 36.6 Å².